The van der Waals surface area contributed by atoms with Crippen molar-refractivity contribution in [2.24, 2.45) is 4.99 Å². The number of nitrogens with zero attached hydrogens (tertiary/aromatic N) is 2. The molecule has 0 aliphatic heterocycles. The molecule has 0 spiro atoms. The molecule has 6 heteroatoms. The number of allylic oxidation sites excluding steroid dienone is 1. The van der Waals surface area contributed by atoms with Crippen LogP contribution in [-0.4, -0.2) is 57.4 Å². The zero-order chi connectivity index (χ0) is 14.0. The van der Waals surface area contributed by atoms with Gasteiger partial charge in [0, 0.05) is 19.7 Å². The molecule has 0 aromatic carbocycles. The van der Waals surface area contributed by atoms with Gasteiger partial charge in [0.1, 0.15) is 12.4 Å². The smallest absolute Gasteiger partial charge is 0.320 e. The predicted octanol–water partition coefficient (Wildman–Crippen LogP) is 0.202. The molecule has 0 radical (unpaired) electrons. The van der Waals surface area contributed by atoms with Crippen molar-refractivity contribution >= 4 is 18.2 Å². The second-order valence-corrected chi connectivity index (χ2v) is 3.59. The van der Waals surface area contributed by atoms with Crippen LogP contribution < -0.4 is 5.32 Å². The van der Waals surface area contributed by atoms with Crippen LogP contribution in [-0.2, 0) is 14.3 Å². The van der Waals surface area contributed by atoms with Crippen LogP contribution in [0.4, 0.5) is 0 Å². The Labute approximate surface area is 108 Å². The number of amides is 1. The van der Waals surface area contributed by atoms with Gasteiger partial charge in [0.05, 0.1) is 6.54 Å². The first kappa shape index (κ1) is 16.3. The van der Waals surface area contributed by atoms with Crippen molar-refractivity contribution in [2.45, 2.75) is 13.3 Å². The molecule has 0 saturated heterocycles. The fourth-order valence-corrected chi connectivity index (χ4v) is 1.39. The molecule has 18 heavy (non-hydrogen) atoms. The number of nitrogens with one attached hydrogen (secondary N) is 1. The molecule has 0 saturated carbocycles. The van der Waals surface area contributed by atoms with Crippen LogP contribution in [0.1, 0.15) is 13.3 Å². The Kier molecular flexibility index (Phi) is 8.47. The summed E-state index contributed by atoms with van der Waals surface area (Å²) in [5, 5.41) is 2.71. The van der Waals surface area contributed by atoms with Gasteiger partial charge in [-0.25, -0.2) is 0 Å². The molecule has 0 rings (SSSR count). The lowest BCUT2D eigenvalue weighted by atomic mass is 10.2. The summed E-state index contributed by atoms with van der Waals surface area (Å²) in [6.45, 7) is 2.23. The number of likely N-dealkylation sites (N-methyl/N-ethyl adjacent to an activating group) is 2. The molecule has 0 bridgehead atoms. The number of aliphatic imine (C=N–C) groups is 1. The Balaban J connectivity index is 4.71. The van der Waals surface area contributed by atoms with E-state index in [2.05, 4.69) is 10.3 Å². The van der Waals surface area contributed by atoms with E-state index in [1.165, 1.54) is 4.90 Å². The molecule has 6 nitrogen and oxygen atoms in total. The Morgan fingerprint density at radius 1 is 1.50 bits per heavy atom. The highest BCUT2D eigenvalue weighted by Crippen LogP contribution is 2.04. The highest BCUT2D eigenvalue weighted by molar-refractivity contribution is 6.03. The molecule has 1 amide bonds. The fourth-order valence-electron chi connectivity index (χ4n) is 1.39. The van der Waals surface area contributed by atoms with E-state index in [1.54, 1.807) is 21.1 Å². The van der Waals surface area contributed by atoms with E-state index in [4.69, 9.17) is 4.74 Å². The third-order valence-corrected chi connectivity index (χ3v) is 2.15. The number of hydrogen-bond donors (Lipinski definition) is 1. The average molecular weight is 255 g/mol. The number of amidine groups is 1. The van der Waals surface area contributed by atoms with E-state index in [-0.39, 0.29) is 19.1 Å². The van der Waals surface area contributed by atoms with Crippen molar-refractivity contribution in [3.63, 3.8) is 0 Å². The molecule has 0 aliphatic rings. The standard InChI is InChI=1S/C12H21N3O3/c1-5-6-10(8-18-11(17)7-13-2)12(14-3)15(4)9-16/h6,9,13H,5,7-8H2,1-4H3/b10-6-,14-12?. The number of rotatable bonds is 7. The van der Waals surface area contributed by atoms with Crippen LogP contribution in [0.15, 0.2) is 16.6 Å². The number of esters is 1. The molecular weight excluding hydrogens is 234 g/mol. The van der Waals surface area contributed by atoms with Crippen molar-refractivity contribution in [1.82, 2.24) is 10.2 Å². The van der Waals surface area contributed by atoms with Gasteiger partial charge in [0.25, 0.3) is 0 Å². The summed E-state index contributed by atoms with van der Waals surface area (Å²) in [7, 11) is 4.87. The number of ether oxygens (including phenoxy) is 1. The first-order chi connectivity index (χ1) is 8.60. The lowest BCUT2D eigenvalue weighted by Gasteiger charge is -2.17. The van der Waals surface area contributed by atoms with Crippen LogP contribution in [0.3, 0.4) is 0 Å². The third-order valence-electron chi connectivity index (χ3n) is 2.15. The van der Waals surface area contributed by atoms with Crippen molar-refractivity contribution in [1.29, 1.82) is 0 Å². The van der Waals surface area contributed by atoms with Gasteiger partial charge in [-0.05, 0) is 13.5 Å². The maximum atomic E-state index is 11.3. The van der Waals surface area contributed by atoms with Crippen molar-refractivity contribution < 1.29 is 14.3 Å². The van der Waals surface area contributed by atoms with Gasteiger partial charge in [-0.15, -0.1) is 0 Å². The average Bonchev–Trinajstić information content (AvgIpc) is 2.36. The highest BCUT2D eigenvalue weighted by atomic mass is 16.5. The molecule has 1 N–H and O–H groups in total. The van der Waals surface area contributed by atoms with Gasteiger partial charge in [0.15, 0.2) is 0 Å². The van der Waals surface area contributed by atoms with E-state index < -0.39 is 0 Å². The summed E-state index contributed by atoms with van der Waals surface area (Å²) >= 11 is 0. The summed E-state index contributed by atoms with van der Waals surface area (Å²) in [6, 6.07) is 0. The second kappa shape index (κ2) is 9.35. The normalized spacial score (nSPS) is 12.2. The predicted molar refractivity (Wildman–Crippen MR) is 70.4 cm³/mol. The highest BCUT2D eigenvalue weighted by Gasteiger charge is 2.13. The maximum absolute atomic E-state index is 11.3. The Morgan fingerprint density at radius 3 is 2.61 bits per heavy atom. The third kappa shape index (κ3) is 5.58. The molecule has 0 atom stereocenters. The minimum absolute atomic E-state index is 0.110. The quantitative estimate of drug-likeness (QED) is 0.305. The zero-order valence-electron chi connectivity index (χ0n) is 11.4. The lowest BCUT2D eigenvalue weighted by Crippen LogP contribution is -2.30. The van der Waals surface area contributed by atoms with Crippen LogP contribution in [0.2, 0.25) is 0 Å². The fraction of sp³-hybridized carbons (Fsp3) is 0.583. The minimum Gasteiger partial charge on any atom is -0.460 e. The Bertz CT molecular complexity index is 337. The van der Waals surface area contributed by atoms with E-state index in [9.17, 15) is 9.59 Å². The lowest BCUT2D eigenvalue weighted by molar-refractivity contribution is -0.141. The van der Waals surface area contributed by atoms with E-state index >= 15 is 0 Å². The summed E-state index contributed by atoms with van der Waals surface area (Å²) in [5.74, 6) is 0.160. The van der Waals surface area contributed by atoms with Crippen molar-refractivity contribution in [2.75, 3.05) is 34.3 Å². The molecule has 0 aromatic heterocycles. The summed E-state index contributed by atoms with van der Waals surface area (Å²) in [4.78, 5) is 27.4. The van der Waals surface area contributed by atoms with Crippen molar-refractivity contribution in [3.05, 3.63) is 11.6 Å². The van der Waals surface area contributed by atoms with Gasteiger partial charge in [-0.3, -0.25) is 14.6 Å². The number of hydrogen-bond acceptors (Lipinski definition) is 5. The van der Waals surface area contributed by atoms with Crippen LogP contribution in [0.25, 0.3) is 0 Å². The van der Waals surface area contributed by atoms with Gasteiger partial charge >= 0.3 is 5.97 Å². The topological polar surface area (TPSA) is 71.0 Å². The maximum Gasteiger partial charge on any atom is 0.320 e. The molecule has 0 unspecified atom stereocenters. The number of carbonyl (C=O) groups is 2. The molecular formula is C12H21N3O3. The van der Waals surface area contributed by atoms with Crippen molar-refractivity contribution in [3.8, 4) is 0 Å². The Morgan fingerprint density at radius 2 is 2.17 bits per heavy atom. The SMILES string of the molecule is CC/C=C(/COC(=O)CNC)C(=NC)N(C)C=O. The van der Waals surface area contributed by atoms with Crippen LogP contribution >= 0.6 is 0 Å². The van der Waals surface area contributed by atoms with Crippen LogP contribution in [0.5, 0.6) is 0 Å². The minimum atomic E-state index is -0.344. The Hall–Kier alpha value is -1.69. The van der Waals surface area contributed by atoms with Gasteiger partial charge in [0.2, 0.25) is 6.41 Å². The summed E-state index contributed by atoms with van der Waals surface area (Å²) < 4.78 is 5.08. The second-order valence-electron chi connectivity index (χ2n) is 3.59. The monoisotopic (exact) mass is 255 g/mol. The molecule has 102 valence electrons. The number of carbonyl (C=O) groups excluding carboxylic acids is 2. The molecule has 0 aliphatic carbocycles. The zero-order valence-corrected chi connectivity index (χ0v) is 11.4. The first-order valence-corrected chi connectivity index (χ1v) is 5.75. The molecule has 0 heterocycles. The molecule has 0 aromatic rings. The van der Waals surface area contributed by atoms with Gasteiger partial charge in [-0.2, -0.15) is 0 Å². The first-order valence-electron chi connectivity index (χ1n) is 5.75. The van der Waals surface area contributed by atoms with E-state index in [0.29, 0.717) is 12.2 Å². The van der Waals surface area contributed by atoms with E-state index in [1.807, 2.05) is 13.0 Å². The van der Waals surface area contributed by atoms with E-state index in [0.717, 1.165) is 12.0 Å². The summed E-state index contributed by atoms with van der Waals surface area (Å²) in [5.41, 5.74) is 0.721. The summed E-state index contributed by atoms with van der Waals surface area (Å²) in [6.07, 6.45) is 3.32. The van der Waals surface area contributed by atoms with Crippen LogP contribution in [0, 0.1) is 0 Å². The van der Waals surface area contributed by atoms with Gasteiger partial charge in [-0.1, -0.05) is 13.0 Å². The largest absolute Gasteiger partial charge is 0.460 e. The molecule has 0 fully saturated rings. The van der Waals surface area contributed by atoms with Gasteiger partial charge < -0.3 is 15.0 Å².